The van der Waals surface area contributed by atoms with Crippen molar-refractivity contribution < 1.29 is 9.21 Å². The van der Waals surface area contributed by atoms with Gasteiger partial charge in [0.1, 0.15) is 5.76 Å². The van der Waals surface area contributed by atoms with Crippen molar-refractivity contribution in [2.75, 3.05) is 0 Å². The Morgan fingerprint density at radius 2 is 1.81 bits per heavy atom. The molecule has 1 heterocycles. The van der Waals surface area contributed by atoms with E-state index in [-0.39, 0.29) is 17.1 Å². The quantitative estimate of drug-likeness (QED) is 0.691. The summed E-state index contributed by atoms with van der Waals surface area (Å²) < 4.78 is 5.22. The van der Waals surface area contributed by atoms with E-state index in [9.17, 15) is 4.79 Å². The molecule has 0 saturated heterocycles. The van der Waals surface area contributed by atoms with Gasteiger partial charge in [-0.3, -0.25) is 4.79 Å². The maximum atomic E-state index is 11.7. The van der Waals surface area contributed by atoms with Gasteiger partial charge in [-0.25, -0.2) is 5.43 Å². The van der Waals surface area contributed by atoms with Crippen LogP contribution in [-0.2, 0) is 5.41 Å². The third-order valence-electron chi connectivity index (χ3n) is 3.12. The zero-order valence-electron chi connectivity index (χ0n) is 12.8. The molecule has 1 aromatic carbocycles. The number of hydrogen-bond acceptors (Lipinski definition) is 3. The van der Waals surface area contributed by atoms with Crippen molar-refractivity contribution in [1.82, 2.24) is 5.43 Å². The maximum absolute atomic E-state index is 11.7. The molecule has 0 unspecified atom stereocenters. The van der Waals surface area contributed by atoms with Gasteiger partial charge in [-0.05, 0) is 35.6 Å². The highest BCUT2D eigenvalue weighted by atomic mass is 16.3. The molecule has 0 aliphatic rings. The van der Waals surface area contributed by atoms with E-state index in [2.05, 4.69) is 43.4 Å². The van der Waals surface area contributed by atoms with Crippen LogP contribution < -0.4 is 5.43 Å². The first-order chi connectivity index (χ1) is 9.86. The Labute approximate surface area is 124 Å². The number of benzene rings is 1. The summed E-state index contributed by atoms with van der Waals surface area (Å²) in [7, 11) is 0. The van der Waals surface area contributed by atoms with Gasteiger partial charge in [-0.15, -0.1) is 0 Å². The average molecular weight is 284 g/mol. The van der Waals surface area contributed by atoms with Crippen LogP contribution >= 0.6 is 0 Å². The lowest BCUT2D eigenvalue weighted by Crippen LogP contribution is -2.16. The van der Waals surface area contributed by atoms with E-state index in [0.29, 0.717) is 5.76 Å². The lowest BCUT2D eigenvalue weighted by molar-refractivity contribution is 0.0926. The Kier molecular flexibility index (Phi) is 4.26. The van der Waals surface area contributed by atoms with Crippen LogP contribution in [0.15, 0.2) is 45.9 Å². The van der Waals surface area contributed by atoms with Gasteiger partial charge in [0.2, 0.25) is 0 Å². The summed E-state index contributed by atoms with van der Waals surface area (Å²) in [6, 6.07) is 11.5. The molecular formula is C17H20N2O2. The summed E-state index contributed by atoms with van der Waals surface area (Å²) in [6.07, 6.45) is 1.61. The lowest BCUT2D eigenvalue weighted by Gasteiger charge is -2.18. The lowest BCUT2D eigenvalue weighted by atomic mass is 9.87. The number of nitrogens with one attached hydrogen (secondary N) is 1. The molecule has 2 aromatic rings. The number of hydrazone groups is 1. The van der Waals surface area contributed by atoms with Crippen LogP contribution in [0.1, 0.15) is 48.2 Å². The van der Waals surface area contributed by atoms with Crippen molar-refractivity contribution in [2.24, 2.45) is 5.10 Å². The Hall–Kier alpha value is -2.36. The van der Waals surface area contributed by atoms with Gasteiger partial charge >= 0.3 is 5.91 Å². The summed E-state index contributed by atoms with van der Waals surface area (Å²) in [5.74, 6) is 0.597. The van der Waals surface area contributed by atoms with E-state index in [1.54, 1.807) is 25.3 Å². The summed E-state index contributed by atoms with van der Waals surface area (Å²) in [6.45, 7) is 8.29. The number of furan rings is 1. The Balaban J connectivity index is 1.97. The first kappa shape index (κ1) is 15.0. The number of rotatable bonds is 3. The highest BCUT2D eigenvalue weighted by Gasteiger charge is 2.12. The molecule has 1 N–H and O–H groups in total. The van der Waals surface area contributed by atoms with Crippen LogP contribution in [0.5, 0.6) is 0 Å². The number of hydrogen-bond donors (Lipinski definition) is 1. The predicted octanol–water partition coefficient (Wildman–Crippen LogP) is 3.65. The predicted molar refractivity (Wildman–Crippen MR) is 83.6 cm³/mol. The van der Waals surface area contributed by atoms with Gasteiger partial charge in [0.05, 0.1) is 6.21 Å². The van der Waals surface area contributed by atoms with Crippen LogP contribution in [0.2, 0.25) is 0 Å². The molecule has 2 rings (SSSR count). The molecule has 0 radical (unpaired) electrons. The standard InChI is InChI=1S/C17H20N2O2/c1-12-5-10-15(21-12)16(20)19-18-11-13-6-8-14(9-7-13)17(2,3)4/h5-11H,1-4H3,(H,19,20)/b18-11+. The van der Waals surface area contributed by atoms with E-state index in [1.807, 2.05) is 12.1 Å². The summed E-state index contributed by atoms with van der Waals surface area (Å²) in [5, 5.41) is 3.93. The number of aryl methyl sites for hydroxylation is 1. The zero-order chi connectivity index (χ0) is 15.5. The van der Waals surface area contributed by atoms with Gasteiger partial charge in [0, 0.05) is 0 Å². The largest absolute Gasteiger partial charge is 0.456 e. The maximum Gasteiger partial charge on any atom is 0.307 e. The Morgan fingerprint density at radius 3 is 2.33 bits per heavy atom. The molecule has 1 amide bonds. The van der Waals surface area contributed by atoms with Gasteiger partial charge < -0.3 is 4.42 Å². The monoisotopic (exact) mass is 284 g/mol. The van der Waals surface area contributed by atoms with Crippen molar-refractivity contribution in [3.05, 3.63) is 59.0 Å². The molecule has 110 valence electrons. The molecule has 4 heteroatoms. The molecule has 0 atom stereocenters. The summed E-state index contributed by atoms with van der Waals surface area (Å²) >= 11 is 0. The van der Waals surface area contributed by atoms with Crippen molar-refractivity contribution in [1.29, 1.82) is 0 Å². The molecule has 0 fully saturated rings. The van der Waals surface area contributed by atoms with Crippen LogP contribution in [-0.4, -0.2) is 12.1 Å². The van der Waals surface area contributed by atoms with Crippen molar-refractivity contribution in [3.63, 3.8) is 0 Å². The average Bonchev–Trinajstić information content (AvgIpc) is 2.85. The second kappa shape index (κ2) is 5.95. The molecule has 0 bridgehead atoms. The fourth-order valence-corrected chi connectivity index (χ4v) is 1.85. The SMILES string of the molecule is Cc1ccc(C(=O)N/N=C/c2ccc(C(C)(C)C)cc2)o1. The molecule has 0 aliphatic heterocycles. The van der Waals surface area contributed by atoms with Gasteiger partial charge in [-0.1, -0.05) is 45.0 Å². The zero-order valence-corrected chi connectivity index (χ0v) is 12.8. The van der Waals surface area contributed by atoms with Crippen LogP contribution in [0.3, 0.4) is 0 Å². The molecular weight excluding hydrogens is 264 g/mol. The third-order valence-corrected chi connectivity index (χ3v) is 3.12. The van der Waals surface area contributed by atoms with Crippen molar-refractivity contribution >= 4 is 12.1 Å². The minimum Gasteiger partial charge on any atom is -0.456 e. The molecule has 1 aromatic heterocycles. The first-order valence-corrected chi connectivity index (χ1v) is 6.86. The second-order valence-corrected chi connectivity index (χ2v) is 5.98. The van der Waals surface area contributed by atoms with Crippen molar-refractivity contribution in [3.8, 4) is 0 Å². The number of carbonyl (C=O) groups is 1. The van der Waals surface area contributed by atoms with Crippen LogP contribution in [0.4, 0.5) is 0 Å². The minimum absolute atomic E-state index is 0.126. The smallest absolute Gasteiger partial charge is 0.307 e. The van der Waals surface area contributed by atoms with E-state index >= 15 is 0 Å². The van der Waals surface area contributed by atoms with Gasteiger partial charge in [0.15, 0.2) is 5.76 Å². The highest BCUT2D eigenvalue weighted by Crippen LogP contribution is 2.21. The van der Waals surface area contributed by atoms with E-state index in [1.165, 1.54) is 5.56 Å². The van der Waals surface area contributed by atoms with Gasteiger partial charge in [-0.2, -0.15) is 5.10 Å². The van der Waals surface area contributed by atoms with Crippen molar-refractivity contribution in [2.45, 2.75) is 33.1 Å². The summed E-state index contributed by atoms with van der Waals surface area (Å²) in [4.78, 5) is 11.7. The third kappa shape index (κ3) is 4.05. The molecule has 4 nitrogen and oxygen atoms in total. The fraction of sp³-hybridized carbons (Fsp3) is 0.294. The van der Waals surface area contributed by atoms with Gasteiger partial charge in [0.25, 0.3) is 0 Å². The highest BCUT2D eigenvalue weighted by molar-refractivity contribution is 5.92. The number of nitrogens with zero attached hydrogens (tertiary/aromatic N) is 1. The molecule has 0 aliphatic carbocycles. The molecule has 21 heavy (non-hydrogen) atoms. The van der Waals surface area contributed by atoms with E-state index in [0.717, 1.165) is 5.56 Å². The Bertz CT molecular complexity index is 646. The number of carbonyl (C=O) groups excluding carboxylic acids is 1. The topological polar surface area (TPSA) is 54.6 Å². The number of amides is 1. The van der Waals surface area contributed by atoms with E-state index in [4.69, 9.17) is 4.42 Å². The molecule has 0 saturated carbocycles. The second-order valence-electron chi connectivity index (χ2n) is 5.98. The van der Waals surface area contributed by atoms with Crippen LogP contribution in [0, 0.1) is 6.92 Å². The molecule has 0 spiro atoms. The minimum atomic E-state index is -0.356. The first-order valence-electron chi connectivity index (χ1n) is 6.86. The van der Waals surface area contributed by atoms with Crippen LogP contribution in [0.25, 0.3) is 0 Å². The summed E-state index contributed by atoms with van der Waals surface area (Å²) in [5.41, 5.74) is 4.76. The van der Waals surface area contributed by atoms with E-state index < -0.39 is 0 Å². The normalized spacial score (nSPS) is 11.8. The Morgan fingerprint density at radius 1 is 1.14 bits per heavy atom. The fourth-order valence-electron chi connectivity index (χ4n) is 1.85.